The van der Waals surface area contributed by atoms with Crippen LogP contribution in [0.5, 0.6) is 0 Å². The van der Waals surface area contributed by atoms with Crippen LogP contribution in [0.3, 0.4) is 0 Å². The summed E-state index contributed by atoms with van der Waals surface area (Å²) >= 11 is 0. The van der Waals surface area contributed by atoms with Crippen LogP contribution in [-0.2, 0) is 26.2 Å². The van der Waals surface area contributed by atoms with Crippen molar-refractivity contribution in [1.29, 1.82) is 0 Å². The molecule has 102 valence electrons. The Labute approximate surface area is 149 Å². The van der Waals surface area contributed by atoms with Gasteiger partial charge in [-0.3, -0.25) is 12.2 Å². The molecule has 2 aliphatic carbocycles. The van der Waals surface area contributed by atoms with E-state index in [9.17, 15) is 0 Å². The molecule has 19 heavy (non-hydrogen) atoms. The monoisotopic (exact) mass is 372 g/mol. The summed E-state index contributed by atoms with van der Waals surface area (Å²) in [5.41, 5.74) is 2.56. The SMILES string of the molecule is C=CCC1=[C-]CC=C1.C=CCC1=[C-]CC=C1.Cl.Cl.[Zr+2]. The molecule has 0 nitrogen and oxygen atoms in total. The first-order chi connectivity index (χ1) is 7.86. The van der Waals surface area contributed by atoms with Crippen LogP contribution in [0.1, 0.15) is 25.7 Å². The molecule has 0 aliphatic heterocycles. The minimum atomic E-state index is 0. The van der Waals surface area contributed by atoms with Gasteiger partial charge in [-0.25, -0.2) is 23.3 Å². The molecule has 0 bridgehead atoms. The van der Waals surface area contributed by atoms with Crippen molar-refractivity contribution in [2.24, 2.45) is 0 Å². The summed E-state index contributed by atoms with van der Waals surface area (Å²) in [6.07, 6.45) is 22.5. The van der Waals surface area contributed by atoms with E-state index >= 15 is 0 Å². The first kappa shape index (κ1) is 24.0. The second-order valence-corrected chi connectivity index (χ2v) is 3.60. The molecule has 0 aromatic heterocycles. The Morgan fingerprint density at radius 3 is 1.47 bits per heavy atom. The fraction of sp³-hybridized carbons (Fsp3) is 0.250. The molecule has 0 amide bonds. The van der Waals surface area contributed by atoms with Crippen molar-refractivity contribution < 1.29 is 26.2 Å². The summed E-state index contributed by atoms with van der Waals surface area (Å²) < 4.78 is 0. The zero-order chi connectivity index (χ0) is 11.6. The summed E-state index contributed by atoms with van der Waals surface area (Å²) in [5.74, 6) is 0. The predicted molar refractivity (Wildman–Crippen MR) is 85.2 cm³/mol. The molecule has 3 heteroatoms. The van der Waals surface area contributed by atoms with Gasteiger partial charge in [0.15, 0.2) is 0 Å². The van der Waals surface area contributed by atoms with Crippen molar-refractivity contribution in [2.45, 2.75) is 25.7 Å². The smallest absolute Gasteiger partial charge is 0.269 e. The molecule has 0 aromatic carbocycles. The Morgan fingerprint density at radius 2 is 1.26 bits per heavy atom. The van der Waals surface area contributed by atoms with Gasteiger partial charge < -0.3 is 0 Å². The molecule has 0 saturated heterocycles. The average Bonchev–Trinajstić information content (AvgIpc) is 2.92. The molecule has 0 atom stereocenters. The van der Waals surface area contributed by atoms with Gasteiger partial charge in [0.1, 0.15) is 0 Å². The van der Waals surface area contributed by atoms with Gasteiger partial charge >= 0.3 is 26.2 Å². The van der Waals surface area contributed by atoms with E-state index in [1.54, 1.807) is 0 Å². The Balaban J connectivity index is -0.000000233. The predicted octanol–water partition coefficient (Wildman–Crippen LogP) is 5.35. The largest absolute Gasteiger partial charge is 2.00 e. The van der Waals surface area contributed by atoms with Gasteiger partial charge in [0, 0.05) is 0 Å². The van der Waals surface area contributed by atoms with Crippen LogP contribution in [0.25, 0.3) is 0 Å². The van der Waals surface area contributed by atoms with Crippen molar-refractivity contribution in [3.8, 4) is 0 Å². The summed E-state index contributed by atoms with van der Waals surface area (Å²) in [7, 11) is 0. The molecular formula is C16H20Cl2Zr. The Kier molecular flexibility index (Phi) is 20.1. The van der Waals surface area contributed by atoms with E-state index in [2.05, 4.69) is 49.6 Å². The number of allylic oxidation sites excluding steroid dienone is 10. The van der Waals surface area contributed by atoms with Gasteiger partial charge in [0.2, 0.25) is 0 Å². The first-order valence-electron chi connectivity index (χ1n) is 5.61. The normalized spacial score (nSPS) is 13.7. The first-order valence-corrected chi connectivity index (χ1v) is 5.61. The van der Waals surface area contributed by atoms with Gasteiger partial charge in [-0.2, -0.15) is 12.2 Å². The Bertz CT molecular complexity index is 327. The average molecular weight is 374 g/mol. The Hall–Kier alpha value is -0.0969. The second-order valence-electron chi connectivity index (χ2n) is 3.60. The summed E-state index contributed by atoms with van der Waals surface area (Å²) in [4.78, 5) is 0. The molecule has 2 aliphatic rings. The molecule has 0 spiro atoms. The molecular weight excluding hydrogens is 354 g/mol. The van der Waals surface area contributed by atoms with E-state index in [1.165, 1.54) is 11.1 Å². The van der Waals surface area contributed by atoms with Crippen molar-refractivity contribution in [2.75, 3.05) is 0 Å². The van der Waals surface area contributed by atoms with Crippen molar-refractivity contribution >= 4 is 24.8 Å². The Morgan fingerprint density at radius 1 is 0.895 bits per heavy atom. The topological polar surface area (TPSA) is 0 Å². The molecule has 0 fully saturated rings. The van der Waals surface area contributed by atoms with Crippen LogP contribution in [-0.4, -0.2) is 0 Å². The van der Waals surface area contributed by atoms with Crippen LogP contribution in [0.2, 0.25) is 0 Å². The third-order valence-electron chi connectivity index (χ3n) is 2.26. The third-order valence-corrected chi connectivity index (χ3v) is 2.26. The van der Waals surface area contributed by atoms with E-state index in [0.717, 1.165) is 25.7 Å². The van der Waals surface area contributed by atoms with Gasteiger partial charge in [0.25, 0.3) is 0 Å². The van der Waals surface area contributed by atoms with E-state index < -0.39 is 0 Å². The second kappa shape index (κ2) is 16.0. The van der Waals surface area contributed by atoms with Gasteiger partial charge in [0.05, 0.1) is 0 Å². The fourth-order valence-electron chi connectivity index (χ4n) is 1.49. The van der Waals surface area contributed by atoms with E-state index in [-0.39, 0.29) is 51.0 Å². The van der Waals surface area contributed by atoms with Gasteiger partial charge in [-0.05, 0) is 12.8 Å². The molecule has 0 radical (unpaired) electrons. The van der Waals surface area contributed by atoms with Gasteiger partial charge in [-0.1, -0.05) is 12.2 Å². The van der Waals surface area contributed by atoms with Crippen molar-refractivity contribution in [3.05, 3.63) is 72.9 Å². The summed E-state index contributed by atoms with van der Waals surface area (Å²) in [6.45, 7) is 7.26. The summed E-state index contributed by atoms with van der Waals surface area (Å²) in [6, 6.07) is 0. The minimum Gasteiger partial charge on any atom is -0.269 e. The van der Waals surface area contributed by atoms with E-state index in [4.69, 9.17) is 0 Å². The minimum absolute atomic E-state index is 0. The quantitative estimate of drug-likeness (QED) is 0.460. The molecule has 2 rings (SSSR count). The van der Waals surface area contributed by atoms with E-state index in [1.807, 2.05) is 12.2 Å². The van der Waals surface area contributed by atoms with Crippen LogP contribution in [0.4, 0.5) is 0 Å². The zero-order valence-electron chi connectivity index (χ0n) is 11.0. The molecule has 0 unspecified atom stereocenters. The molecule has 0 N–H and O–H groups in total. The fourth-order valence-corrected chi connectivity index (χ4v) is 1.49. The van der Waals surface area contributed by atoms with Crippen LogP contribution in [0, 0.1) is 12.2 Å². The molecule has 0 heterocycles. The maximum absolute atomic E-state index is 3.63. The van der Waals surface area contributed by atoms with Crippen LogP contribution >= 0.6 is 24.8 Å². The number of rotatable bonds is 4. The number of hydrogen-bond acceptors (Lipinski definition) is 0. The summed E-state index contributed by atoms with van der Waals surface area (Å²) in [5, 5.41) is 0. The number of hydrogen-bond donors (Lipinski definition) is 0. The number of halogens is 2. The van der Waals surface area contributed by atoms with Crippen molar-refractivity contribution in [1.82, 2.24) is 0 Å². The standard InChI is InChI=1S/2C8H9.2ClH.Zr/c2*1-2-5-8-6-3-4-7-8;;;/h2*2-3,6H,1,4-5H2;2*1H;/q2*-1;;;+2. The van der Waals surface area contributed by atoms with Gasteiger partial charge in [-0.15, -0.1) is 50.8 Å². The van der Waals surface area contributed by atoms with Crippen LogP contribution in [0.15, 0.2) is 60.8 Å². The van der Waals surface area contributed by atoms with E-state index in [0.29, 0.717) is 0 Å². The maximum Gasteiger partial charge on any atom is 2.00 e. The molecule has 0 saturated carbocycles. The zero-order valence-corrected chi connectivity index (χ0v) is 15.1. The van der Waals surface area contributed by atoms with Crippen molar-refractivity contribution in [3.63, 3.8) is 0 Å². The van der Waals surface area contributed by atoms with Crippen LogP contribution < -0.4 is 0 Å². The maximum atomic E-state index is 3.63. The molecule has 0 aromatic rings. The third kappa shape index (κ3) is 11.4.